The summed E-state index contributed by atoms with van der Waals surface area (Å²) in [6, 6.07) is 7.81. The first-order chi connectivity index (χ1) is 10.2. The first-order valence-corrected chi connectivity index (χ1v) is 7.80. The topological polar surface area (TPSA) is 55.6 Å². The number of hydrogen-bond acceptors (Lipinski definition) is 4. The molecule has 0 N–H and O–H groups in total. The van der Waals surface area contributed by atoms with Gasteiger partial charge in [-0.15, -0.1) is 12.4 Å². The molecule has 1 aliphatic heterocycles. The van der Waals surface area contributed by atoms with Gasteiger partial charge < -0.3 is 4.74 Å². The van der Waals surface area contributed by atoms with E-state index in [1.165, 1.54) is 31.2 Å². The highest BCUT2D eigenvalue weighted by molar-refractivity contribution is 5.85. The van der Waals surface area contributed by atoms with E-state index in [2.05, 4.69) is 4.90 Å². The second-order valence-electron chi connectivity index (χ2n) is 6.00. The number of nitrogens with zero attached hydrogens (tertiary/aromatic N) is 2. The maximum atomic E-state index is 10.7. The number of nitro benzene ring substituents is 1. The number of hydrogen-bond donors (Lipinski definition) is 0. The Morgan fingerprint density at radius 1 is 1.05 bits per heavy atom. The highest BCUT2D eigenvalue weighted by atomic mass is 35.5. The van der Waals surface area contributed by atoms with Crippen LogP contribution in [-0.4, -0.2) is 42.2 Å². The van der Waals surface area contributed by atoms with E-state index in [1.807, 2.05) is 12.1 Å². The van der Waals surface area contributed by atoms with Crippen LogP contribution in [0.2, 0.25) is 0 Å². The van der Waals surface area contributed by atoms with E-state index >= 15 is 0 Å². The molecule has 0 amide bonds. The van der Waals surface area contributed by atoms with Crippen LogP contribution in [0.5, 0.6) is 0 Å². The molecule has 0 atom stereocenters. The summed E-state index contributed by atoms with van der Waals surface area (Å²) < 4.78 is 5.41. The maximum Gasteiger partial charge on any atom is 0.269 e. The van der Waals surface area contributed by atoms with Crippen LogP contribution in [0, 0.1) is 10.1 Å². The van der Waals surface area contributed by atoms with Gasteiger partial charge in [0.1, 0.15) is 0 Å². The molecular weight excluding hydrogens is 304 g/mol. The number of rotatable bonds is 3. The summed E-state index contributed by atoms with van der Waals surface area (Å²) in [5.41, 5.74) is 1.43. The first kappa shape index (κ1) is 17.2. The minimum absolute atomic E-state index is 0. The fourth-order valence-electron chi connectivity index (χ4n) is 3.59. The van der Waals surface area contributed by atoms with Crippen molar-refractivity contribution in [1.29, 1.82) is 0 Å². The molecule has 0 bridgehead atoms. The molecule has 3 rings (SSSR count). The summed E-state index contributed by atoms with van der Waals surface area (Å²) in [7, 11) is 0. The predicted octanol–water partition coefficient (Wildman–Crippen LogP) is 3.38. The summed E-state index contributed by atoms with van der Waals surface area (Å²) in [5, 5.41) is 10.7. The lowest BCUT2D eigenvalue weighted by molar-refractivity contribution is -0.384. The molecule has 1 saturated carbocycles. The lowest BCUT2D eigenvalue weighted by Crippen LogP contribution is -2.44. The summed E-state index contributed by atoms with van der Waals surface area (Å²) in [6.45, 7) is 3.85. The summed E-state index contributed by atoms with van der Waals surface area (Å²) in [5.74, 6) is 0.558. The standard InChI is InChI=1S/C16H22N2O3.ClH/c19-18(20)16-7-3-14(4-8-16)13-1-5-15(6-2-13)17-9-11-21-12-10-17;/h3-4,7-8,13,15H,1-2,5-6,9-12H2;1H/t13-,15-;. The summed E-state index contributed by atoms with van der Waals surface area (Å²) in [4.78, 5) is 12.9. The van der Waals surface area contributed by atoms with Gasteiger partial charge in [0.25, 0.3) is 5.69 Å². The molecule has 0 radical (unpaired) electrons. The van der Waals surface area contributed by atoms with Crippen molar-refractivity contribution in [3.8, 4) is 0 Å². The van der Waals surface area contributed by atoms with Crippen LogP contribution < -0.4 is 0 Å². The highest BCUT2D eigenvalue weighted by Gasteiger charge is 2.27. The average Bonchev–Trinajstić information content (AvgIpc) is 2.56. The fourth-order valence-corrected chi connectivity index (χ4v) is 3.59. The summed E-state index contributed by atoms with van der Waals surface area (Å²) >= 11 is 0. The molecule has 1 aliphatic carbocycles. The van der Waals surface area contributed by atoms with Crippen molar-refractivity contribution in [2.45, 2.75) is 37.6 Å². The van der Waals surface area contributed by atoms with Crippen LogP contribution in [0.25, 0.3) is 0 Å². The quantitative estimate of drug-likeness (QED) is 0.631. The van der Waals surface area contributed by atoms with Crippen LogP contribution in [0.15, 0.2) is 24.3 Å². The van der Waals surface area contributed by atoms with E-state index in [1.54, 1.807) is 12.1 Å². The van der Waals surface area contributed by atoms with Gasteiger partial charge in [0.05, 0.1) is 18.1 Å². The second-order valence-corrected chi connectivity index (χ2v) is 6.00. The molecule has 1 heterocycles. The van der Waals surface area contributed by atoms with Gasteiger partial charge in [-0.2, -0.15) is 0 Å². The van der Waals surface area contributed by atoms with Gasteiger partial charge in [0, 0.05) is 31.3 Å². The Kier molecular flexibility index (Phi) is 6.17. The molecule has 0 spiro atoms. The van der Waals surface area contributed by atoms with E-state index < -0.39 is 0 Å². The number of nitro groups is 1. The fraction of sp³-hybridized carbons (Fsp3) is 0.625. The third kappa shape index (κ3) is 3.97. The summed E-state index contributed by atoms with van der Waals surface area (Å²) in [6.07, 6.45) is 4.81. The van der Waals surface area contributed by atoms with E-state index in [4.69, 9.17) is 4.74 Å². The monoisotopic (exact) mass is 326 g/mol. The SMILES string of the molecule is Cl.O=[N+]([O-])c1ccc([C@H]2CC[C@H](N3CCOCC3)CC2)cc1. The highest BCUT2D eigenvalue weighted by Crippen LogP contribution is 2.35. The van der Waals surface area contributed by atoms with Crippen molar-refractivity contribution in [3.05, 3.63) is 39.9 Å². The minimum Gasteiger partial charge on any atom is -0.379 e. The van der Waals surface area contributed by atoms with Crippen LogP contribution in [0.1, 0.15) is 37.2 Å². The van der Waals surface area contributed by atoms with Gasteiger partial charge in [-0.1, -0.05) is 12.1 Å². The zero-order valence-electron chi connectivity index (χ0n) is 12.6. The molecule has 0 aromatic heterocycles. The number of halogens is 1. The minimum atomic E-state index is -0.334. The van der Waals surface area contributed by atoms with E-state index in [0.717, 1.165) is 26.3 Å². The lowest BCUT2D eigenvalue weighted by atomic mass is 9.81. The van der Waals surface area contributed by atoms with Crippen LogP contribution in [-0.2, 0) is 4.74 Å². The average molecular weight is 327 g/mol. The first-order valence-electron chi connectivity index (χ1n) is 7.80. The van der Waals surface area contributed by atoms with E-state index in [9.17, 15) is 10.1 Å². The van der Waals surface area contributed by atoms with Crippen LogP contribution in [0.3, 0.4) is 0 Å². The molecular formula is C16H23ClN2O3. The number of ether oxygens (including phenoxy) is 1. The van der Waals surface area contributed by atoms with Crippen molar-refractivity contribution < 1.29 is 9.66 Å². The number of benzene rings is 1. The second kappa shape index (κ2) is 7.90. The Morgan fingerprint density at radius 3 is 2.18 bits per heavy atom. The number of morpholine rings is 1. The zero-order valence-corrected chi connectivity index (χ0v) is 13.5. The molecule has 22 heavy (non-hydrogen) atoms. The molecule has 5 nitrogen and oxygen atoms in total. The van der Waals surface area contributed by atoms with Crippen molar-refractivity contribution >= 4 is 18.1 Å². The normalized spacial score (nSPS) is 26.2. The molecule has 122 valence electrons. The van der Waals surface area contributed by atoms with Gasteiger partial charge in [-0.3, -0.25) is 15.0 Å². The van der Waals surface area contributed by atoms with Crippen molar-refractivity contribution in [2.75, 3.05) is 26.3 Å². The molecule has 2 aliphatic rings. The largest absolute Gasteiger partial charge is 0.379 e. The third-order valence-electron chi connectivity index (χ3n) is 4.83. The Labute approximate surface area is 137 Å². The molecule has 1 aromatic rings. The zero-order chi connectivity index (χ0) is 14.7. The Morgan fingerprint density at radius 2 is 1.64 bits per heavy atom. The van der Waals surface area contributed by atoms with Crippen molar-refractivity contribution in [1.82, 2.24) is 4.90 Å². The van der Waals surface area contributed by atoms with Gasteiger partial charge in [-0.25, -0.2) is 0 Å². The lowest BCUT2D eigenvalue weighted by Gasteiger charge is -2.38. The van der Waals surface area contributed by atoms with Crippen LogP contribution in [0.4, 0.5) is 5.69 Å². The maximum absolute atomic E-state index is 10.7. The van der Waals surface area contributed by atoms with Crippen LogP contribution >= 0.6 is 12.4 Å². The van der Waals surface area contributed by atoms with E-state index in [0.29, 0.717) is 12.0 Å². The Hall–Kier alpha value is -1.17. The third-order valence-corrected chi connectivity index (χ3v) is 4.83. The van der Waals surface area contributed by atoms with Crippen molar-refractivity contribution in [3.63, 3.8) is 0 Å². The van der Waals surface area contributed by atoms with Gasteiger partial charge in [0.15, 0.2) is 0 Å². The van der Waals surface area contributed by atoms with Gasteiger partial charge in [-0.05, 0) is 37.2 Å². The number of non-ortho nitro benzene ring substituents is 1. The molecule has 6 heteroatoms. The van der Waals surface area contributed by atoms with Crippen molar-refractivity contribution in [2.24, 2.45) is 0 Å². The van der Waals surface area contributed by atoms with Gasteiger partial charge in [0.2, 0.25) is 0 Å². The molecule has 1 aromatic carbocycles. The smallest absolute Gasteiger partial charge is 0.269 e. The molecule has 1 saturated heterocycles. The predicted molar refractivity (Wildman–Crippen MR) is 87.7 cm³/mol. The Bertz CT molecular complexity index is 481. The van der Waals surface area contributed by atoms with Gasteiger partial charge >= 0.3 is 0 Å². The Balaban J connectivity index is 0.00000176. The van der Waals surface area contributed by atoms with E-state index in [-0.39, 0.29) is 23.0 Å². The molecule has 2 fully saturated rings. The molecule has 0 unspecified atom stereocenters.